The fraction of sp³-hybridized carbons (Fsp3) is 0.137. The molecule has 3 aliphatic heterocycles. The number of fused-ring (bicyclic) bond motifs is 13. The number of carbonyl (C=O) groups excluding carboxylic acids is 2. The lowest BCUT2D eigenvalue weighted by molar-refractivity contribution is -0.202. The van der Waals surface area contributed by atoms with Gasteiger partial charge in [-0.1, -0.05) is 127 Å². The first-order chi connectivity index (χ1) is 28.8. The van der Waals surface area contributed by atoms with Crippen LogP contribution in [0.1, 0.15) is 63.3 Å². The molecule has 8 heteroatoms. The van der Waals surface area contributed by atoms with Crippen LogP contribution in [0.3, 0.4) is 0 Å². The van der Waals surface area contributed by atoms with Gasteiger partial charge in [-0.25, -0.2) is 4.79 Å². The first kappa shape index (κ1) is 35.2. The molecule has 1 amide bonds. The number of amides is 1. The number of aliphatic hydroxyl groups is 1. The summed E-state index contributed by atoms with van der Waals surface area (Å²) in [5, 5.41) is 16.1. The van der Waals surface area contributed by atoms with E-state index in [0.29, 0.717) is 12.1 Å². The average molecular weight is 774 g/mol. The van der Waals surface area contributed by atoms with Crippen molar-refractivity contribution in [1.82, 2.24) is 14.0 Å². The van der Waals surface area contributed by atoms with Crippen molar-refractivity contribution < 1.29 is 24.2 Å². The number of benzene rings is 6. The van der Waals surface area contributed by atoms with Crippen LogP contribution in [-0.2, 0) is 26.5 Å². The Morgan fingerprint density at radius 3 is 1.85 bits per heavy atom. The number of methoxy groups -OCH3 is 1. The van der Waals surface area contributed by atoms with Gasteiger partial charge in [-0.3, -0.25) is 4.79 Å². The highest BCUT2D eigenvalue weighted by atomic mass is 16.6. The van der Waals surface area contributed by atoms with Gasteiger partial charge in [-0.15, -0.1) is 0 Å². The Kier molecular flexibility index (Phi) is 7.76. The quantitative estimate of drug-likeness (QED) is 0.129. The fourth-order valence-corrected chi connectivity index (χ4v) is 9.71. The molecule has 0 spiro atoms. The van der Waals surface area contributed by atoms with Gasteiger partial charge in [0.15, 0.2) is 5.72 Å². The summed E-state index contributed by atoms with van der Waals surface area (Å²) in [5.74, 6) is -0.857. The molecule has 8 nitrogen and oxygen atoms in total. The fourth-order valence-electron chi connectivity index (χ4n) is 9.71. The number of esters is 1. The van der Waals surface area contributed by atoms with Gasteiger partial charge in [-0.05, 0) is 70.6 Å². The van der Waals surface area contributed by atoms with Crippen molar-refractivity contribution in [3.8, 4) is 0 Å². The summed E-state index contributed by atoms with van der Waals surface area (Å²) in [5.41, 5.74) is 6.21. The third-order valence-corrected chi connectivity index (χ3v) is 12.5. The van der Waals surface area contributed by atoms with Crippen LogP contribution >= 0.6 is 0 Å². The van der Waals surface area contributed by atoms with Crippen molar-refractivity contribution in [2.45, 2.75) is 37.4 Å². The summed E-state index contributed by atoms with van der Waals surface area (Å²) in [6, 6.07) is 42.7. The summed E-state index contributed by atoms with van der Waals surface area (Å²) in [6.45, 7) is 2.11. The minimum Gasteiger partial charge on any atom is -0.467 e. The Morgan fingerprint density at radius 2 is 1.25 bits per heavy atom. The maximum absolute atomic E-state index is 15.1. The zero-order valence-corrected chi connectivity index (χ0v) is 32.5. The summed E-state index contributed by atoms with van der Waals surface area (Å²) >= 11 is 0. The molecule has 5 heterocycles. The molecule has 3 unspecified atom stereocenters. The number of rotatable bonds is 7. The molecule has 11 rings (SSSR count). The van der Waals surface area contributed by atoms with Gasteiger partial charge in [0.05, 0.1) is 41.3 Å². The first-order valence-electron chi connectivity index (χ1n) is 19.9. The molecule has 0 aliphatic carbocycles. The number of hydrogen-bond acceptors (Lipinski definition) is 5. The summed E-state index contributed by atoms with van der Waals surface area (Å²) in [6.07, 6.45) is 11.4. The van der Waals surface area contributed by atoms with E-state index >= 15 is 4.79 Å². The van der Waals surface area contributed by atoms with Crippen molar-refractivity contribution in [2.24, 2.45) is 0 Å². The van der Waals surface area contributed by atoms with E-state index in [1.807, 2.05) is 95.7 Å². The molecule has 1 N–H and O–H groups in total. The van der Waals surface area contributed by atoms with Crippen molar-refractivity contribution in [2.75, 3.05) is 7.11 Å². The van der Waals surface area contributed by atoms with E-state index in [-0.39, 0.29) is 12.3 Å². The Balaban J connectivity index is 1.25. The Morgan fingerprint density at radius 1 is 0.712 bits per heavy atom. The van der Waals surface area contributed by atoms with Crippen LogP contribution in [0.2, 0.25) is 0 Å². The minimum absolute atomic E-state index is 0.0554. The Hall–Kier alpha value is -7.00. The first-order valence-corrected chi connectivity index (χ1v) is 19.9. The maximum Gasteiger partial charge on any atom is 0.343 e. The van der Waals surface area contributed by atoms with E-state index in [2.05, 4.69) is 77.4 Å². The number of hydrogen-bond donors (Lipinski definition) is 1. The van der Waals surface area contributed by atoms with Crippen LogP contribution in [0.4, 0.5) is 0 Å². The van der Waals surface area contributed by atoms with Gasteiger partial charge in [0.25, 0.3) is 5.91 Å². The minimum atomic E-state index is -2.05. The van der Waals surface area contributed by atoms with Crippen molar-refractivity contribution in [3.05, 3.63) is 173 Å². The molecule has 6 aromatic carbocycles. The number of nitrogens with zero attached hydrogens (tertiary/aromatic N) is 3. The average Bonchev–Trinajstić information content (AvgIpc) is 3.96. The van der Waals surface area contributed by atoms with Crippen molar-refractivity contribution >= 4 is 85.9 Å². The molecule has 1 saturated heterocycles. The standard InChI is InChI=1S/C51H39N3O5/c1-50-51(57,49(56)58-2)30-42(59-50)53-40-24-22-35(20-18-32-12-6-3-7-13-32)28-37(40)44-45-39(31-52(48(45)55)27-26-34-16-10-5-11-17-34)43-38-29-36(21-19-33-14-8-4-9-15-33)23-25-41(38)54(50)47(43)46(44)53/h3-29,42,57H,30-31H2,1-2H3/b20-18+,21-19+,27-26+. The second-order valence-electron chi connectivity index (χ2n) is 15.8. The smallest absolute Gasteiger partial charge is 0.343 e. The van der Waals surface area contributed by atoms with Crippen LogP contribution in [0.5, 0.6) is 0 Å². The van der Waals surface area contributed by atoms with E-state index in [0.717, 1.165) is 77.0 Å². The van der Waals surface area contributed by atoms with E-state index in [1.165, 1.54) is 7.11 Å². The molecule has 2 bridgehead atoms. The molecule has 288 valence electrons. The maximum atomic E-state index is 15.1. The predicted octanol–water partition coefficient (Wildman–Crippen LogP) is 10.4. The normalized spacial score (nSPS) is 21.1. The Labute approximate surface area is 340 Å². The number of ether oxygens (including phenoxy) is 2. The van der Waals surface area contributed by atoms with Crippen LogP contribution in [0.25, 0.3) is 74.0 Å². The van der Waals surface area contributed by atoms with Crippen molar-refractivity contribution in [3.63, 3.8) is 0 Å². The SMILES string of the molecule is COC(=O)C1(O)CC2OC1(C)n1c3ccc(/C=C/c4ccccc4)cc3c3c4c(c5c6cc(/C=C/c7ccccc7)ccc6n2c5c31)C(=O)N(/C=C/c1ccccc1)C4. The van der Waals surface area contributed by atoms with Gasteiger partial charge in [0.1, 0.15) is 6.23 Å². The van der Waals surface area contributed by atoms with E-state index in [9.17, 15) is 9.90 Å². The third-order valence-electron chi connectivity index (χ3n) is 12.5. The van der Waals surface area contributed by atoms with Crippen LogP contribution in [0, 0.1) is 0 Å². The van der Waals surface area contributed by atoms with Crippen LogP contribution in [0.15, 0.2) is 134 Å². The molecule has 0 saturated carbocycles. The molecule has 2 aromatic heterocycles. The van der Waals surface area contributed by atoms with Gasteiger partial charge in [-0.2, -0.15) is 0 Å². The van der Waals surface area contributed by atoms with E-state index in [4.69, 9.17) is 9.47 Å². The highest BCUT2D eigenvalue weighted by molar-refractivity contribution is 6.31. The molecule has 3 aliphatic rings. The molecule has 3 atom stereocenters. The van der Waals surface area contributed by atoms with Gasteiger partial charge in [0, 0.05) is 34.2 Å². The lowest BCUT2D eigenvalue weighted by Crippen LogP contribution is -2.56. The van der Waals surface area contributed by atoms with Gasteiger partial charge < -0.3 is 28.6 Å². The van der Waals surface area contributed by atoms with Gasteiger partial charge >= 0.3 is 5.97 Å². The van der Waals surface area contributed by atoms with Crippen molar-refractivity contribution in [1.29, 1.82) is 0 Å². The summed E-state index contributed by atoms with van der Waals surface area (Å²) in [4.78, 5) is 30.7. The molecule has 1 fully saturated rings. The summed E-state index contributed by atoms with van der Waals surface area (Å²) < 4.78 is 16.5. The second-order valence-corrected chi connectivity index (χ2v) is 15.8. The molecule has 59 heavy (non-hydrogen) atoms. The zero-order chi connectivity index (χ0) is 40.0. The monoisotopic (exact) mass is 773 g/mol. The molecular formula is C51H39N3O5. The predicted molar refractivity (Wildman–Crippen MR) is 234 cm³/mol. The molecule has 8 aromatic rings. The number of carbonyl (C=O) groups is 2. The third kappa shape index (κ3) is 5.10. The molecule has 0 radical (unpaired) electrons. The zero-order valence-electron chi connectivity index (χ0n) is 32.5. The topological polar surface area (TPSA) is 85.9 Å². The summed E-state index contributed by atoms with van der Waals surface area (Å²) in [7, 11) is 1.30. The van der Waals surface area contributed by atoms with E-state index in [1.54, 1.807) is 11.8 Å². The van der Waals surface area contributed by atoms with Crippen LogP contribution in [-0.4, -0.2) is 43.7 Å². The van der Waals surface area contributed by atoms with Crippen LogP contribution < -0.4 is 0 Å². The van der Waals surface area contributed by atoms with E-state index < -0.39 is 23.5 Å². The number of aromatic nitrogens is 2. The highest BCUT2D eigenvalue weighted by Gasteiger charge is 2.66. The molecular weight excluding hydrogens is 735 g/mol. The highest BCUT2D eigenvalue weighted by Crippen LogP contribution is 2.58. The largest absolute Gasteiger partial charge is 0.467 e. The Bertz CT molecular complexity index is 3140. The lowest BCUT2D eigenvalue weighted by Gasteiger charge is -2.37. The second kappa shape index (κ2) is 13.0. The lowest BCUT2D eigenvalue weighted by atomic mass is 9.88. The van der Waals surface area contributed by atoms with Gasteiger partial charge in [0.2, 0.25) is 5.60 Å².